The van der Waals surface area contributed by atoms with Crippen molar-refractivity contribution in [3.8, 4) is 17.6 Å². The number of rotatable bonds is 4. The smallest absolute Gasteiger partial charge is 0.201 e. The number of nitriles is 1. The number of aryl methyl sites for hydroxylation is 1. The summed E-state index contributed by atoms with van der Waals surface area (Å²) < 4.78 is 0. The lowest BCUT2D eigenvalue weighted by Gasteiger charge is -2.37. The Kier molecular flexibility index (Phi) is 4.55. The molecule has 3 heterocycles. The minimum absolute atomic E-state index is 0.304. The molecule has 0 unspecified atom stereocenters. The Balaban J connectivity index is 1.43. The standard InChI is InChI=1S/C20H21N7/c1-15-22-19(26-23-15)17-7-8-18(25-24-17)27-11-9-20(14-21,10-12-27)13-16-5-3-2-4-6-16/h2-8H,9-13H2,1H3,(H,22,23,26). The molecule has 0 aliphatic carbocycles. The van der Waals surface area contributed by atoms with Crippen molar-refractivity contribution in [1.29, 1.82) is 5.26 Å². The van der Waals surface area contributed by atoms with Crippen LogP contribution < -0.4 is 4.90 Å². The summed E-state index contributed by atoms with van der Waals surface area (Å²) in [5.41, 5.74) is 1.57. The Bertz CT molecular complexity index is 932. The normalized spacial score (nSPS) is 16.1. The summed E-state index contributed by atoms with van der Waals surface area (Å²) in [4.78, 5) is 6.47. The highest BCUT2D eigenvalue weighted by atomic mass is 15.3. The topological polar surface area (TPSA) is 94.4 Å². The minimum atomic E-state index is -0.304. The summed E-state index contributed by atoms with van der Waals surface area (Å²) in [7, 11) is 0. The average Bonchev–Trinajstić information content (AvgIpc) is 3.16. The number of nitrogens with one attached hydrogen (secondary N) is 1. The van der Waals surface area contributed by atoms with Gasteiger partial charge in [-0.2, -0.15) is 10.4 Å². The zero-order chi connectivity index (χ0) is 18.7. The Morgan fingerprint density at radius 1 is 1.11 bits per heavy atom. The van der Waals surface area contributed by atoms with Gasteiger partial charge >= 0.3 is 0 Å². The first-order chi connectivity index (χ1) is 13.2. The van der Waals surface area contributed by atoms with Crippen molar-refractivity contribution in [3.05, 3.63) is 53.9 Å². The molecule has 2 aromatic heterocycles. The predicted molar refractivity (Wildman–Crippen MR) is 102 cm³/mol. The van der Waals surface area contributed by atoms with Crippen LogP contribution in [0.15, 0.2) is 42.5 Å². The molecule has 27 heavy (non-hydrogen) atoms. The Morgan fingerprint density at radius 3 is 2.48 bits per heavy atom. The summed E-state index contributed by atoms with van der Waals surface area (Å²) >= 11 is 0. The summed E-state index contributed by atoms with van der Waals surface area (Å²) in [6.45, 7) is 3.45. The van der Waals surface area contributed by atoms with Gasteiger partial charge in [0.1, 0.15) is 11.5 Å². The molecule has 136 valence electrons. The van der Waals surface area contributed by atoms with Gasteiger partial charge in [-0.15, -0.1) is 10.2 Å². The van der Waals surface area contributed by atoms with Gasteiger partial charge in [0.15, 0.2) is 5.82 Å². The number of benzene rings is 1. The van der Waals surface area contributed by atoms with E-state index in [2.05, 4.69) is 48.5 Å². The highest BCUT2D eigenvalue weighted by Crippen LogP contribution is 2.35. The molecule has 0 amide bonds. The van der Waals surface area contributed by atoms with Gasteiger partial charge in [0.05, 0.1) is 11.5 Å². The third-order valence-electron chi connectivity index (χ3n) is 5.14. The largest absolute Gasteiger partial charge is 0.355 e. The van der Waals surface area contributed by atoms with Crippen LogP contribution in [-0.4, -0.2) is 38.5 Å². The molecule has 7 heteroatoms. The van der Waals surface area contributed by atoms with Crippen LogP contribution in [0, 0.1) is 23.7 Å². The van der Waals surface area contributed by atoms with Gasteiger partial charge < -0.3 is 4.90 Å². The maximum atomic E-state index is 9.81. The number of piperidine rings is 1. The fourth-order valence-electron chi connectivity index (χ4n) is 3.55. The van der Waals surface area contributed by atoms with Crippen molar-refractivity contribution in [2.75, 3.05) is 18.0 Å². The summed E-state index contributed by atoms with van der Waals surface area (Å²) in [5, 5.41) is 25.3. The molecule has 1 N–H and O–H groups in total. The first-order valence-corrected chi connectivity index (χ1v) is 9.11. The van der Waals surface area contributed by atoms with Gasteiger partial charge in [0, 0.05) is 13.1 Å². The number of nitrogens with zero attached hydrogens (tertiary/aromatic N) is 6. The monoisotopic (exact) mass is 359 g/mol. The van der Waals surface area contributed by atoms with Gasteiger partial charge in [-0.05, 0) is 43.9 Å². The molecule has 1 saturated heterocycles. The van der Waals surface area contributed by atoms with Crippen molar-refractivity contribution >= 4 is 5.82 Å². The summed E-state index contributed by atoms with van der Waals surface area (Å²) in [6.07, 6.45) is 2.44. The van der Waals surface area contributed by atoms with E-state index >= 15 is 0 Å². The van der Waals surface area contributed by atoms with E-state index in [9.17, 15) is 5.26 Å². The highest BCUT2D eigenvalue weighted by Gasteiger charge is 2.35. The Morgan fingerprint density at radius 2 is 1.89 bits per heavy atom. The summed E-state index contributed by atoms with van der Waals surface area (Å²) in [6, 6.07) is 16.7. The number of aromatic amines is 1. The first kappa shape index (κ1) is 17.2. The molecule has 1 fully saturated rings. The van der Waals surface area contributed by atoms with Crippen LogP contribution in [0.25, 0.3) is 11.5 Å². The van der Waals surface area contributed by atoms with Crippen molar-refractivity contribution in [2.45, 2.75) is 26.2 Å². The second-order valence-corrected chi connectivity index (χ2v) is 7.06. The fourth-order valence-corrected chi connectivity index (χ4v) is 3.55. The second-order valence-electron chi connectivity index (χ2n) is 7.06. The summed E-state index contributed by atoms with van der Waals surface area (Å²) in [5.74, 6) is 2.13. The lowest BCUT2D eigenvalue weighted by molar-refractivity contribution is 0.301. The minimum Gasteiger partial charge on any atom is -0.355 e. The van der Waals surface area contributed by atoms with E-state index in [1.165, 1.54) is 5.56 Å². The maximum Gasteiger partial charge on any atom is 0.201 e. The van der Waals surface area contributed by atoms with Gasteiger partial charge in [0.25, 0.3) is 0 Å². The molecule has 3 aromatic rings. The van der Waals surface area contributed by atoms with E-state index in [1.807, 2.05) is 37.3 Å². The van der Waals surface area contributed by atoms with Crippen molar-refractivity contribution in [1.82, 2.24) is 25.4 Å². The van der Waals surface area contributed by atoms with Crippen LogP contribution in [0.1, 0.15) is 24.2 Å². The molecule has 7 nitrogen and oxygen atoms in total. The number of H-pyrrole nitrogens is 1. The van der Waals surface area contributed by atoms with E-state index in [0.29, 0.717) is 11.5 Å². The molecule has 0 saturated carbocycles. The lowest BCUT2D eigenvalue weighted by atomic mass is 9.75. The van der Waals surface area contributed by atoms with Crippen LogP contribution in [-0.2, 0) is 6.42 Å². The Labute approximate surface area is 158 Å². The number of anilines is 1. The average molecular weight is 359 g/mol. The van der Waals surface area contributed by atoms with Gasteiger partial charge in [0.2, 0.25) is 5.82 Å². The molecule has 4 rings (SSSR count). The van der Waals surface area contributed by atoms with Crippen molar-refractivity contribution in [2.24, 2.45) is 5.41 Å². The first-order valence-electron chi connectivity index (χ1n) is 9.11. The molecule has 1 aliphatic rings. The number of hydrogen-bond donors (Lipinski definition) is 1. The van der Waals surface area contributed by atoms with Crippen LogP contribution in [0.2, 0.25) is 0 Å². The van der Waals surface area contributed by atoms with Crippen molar-refractivity contribution < 1.29 is 0 Å². The molecular formula is C20H21N7. The van der Waals surface area contributed by atoms with Crippen LogP contribution in [0.5, 0.6) is 0 Å². The molecule has 0 atom stereocenters. The molecule has 1 aliphatic heterocycles. The van der Waals surface area contributed by atoms with Crippen LogP contribution in [0.4, 0.5) is 5.82 Å². The SMILES string of the molecule is Cc1nc(-c2ccc(N3CCC(C#N)(Cc4ccccc4)CC3)nn2)n[nH]1. The van der Waals surface area contributed by atoms with Gasteiger partial charge in [-0.25, -0.2) is 4.98 Å². The van der Waals surface area contributed by atoms with E-state index in [0.717, 1.165) is 44.0 Å². The van der Waals surface area contributed by atoms with E-state index in [1.54, 1.807) is 0 Å². The number of aromatic nitrogens is 5. The zero-order valence-electron chi connectivity index (χ0n) is 15.3. The number of hydrogen-bond acceptors (Lipinski definition) is 6. The third-order valence-corrected chi connectivity index (χ3v) is 5.14. The molecule has 0 spiro atoms. The van der Waals surface area contributed by atoms with Gasteiger partial charge in [-0.3, -0.25) is 5.10 Å². The highest BCUT2D eigenvalue weighted by molar-refractivity contribution is 5.51. The molecule has 0 radical (unpaired) electrons. The van der Waals surface area contributed by atoms with Crippen LogP contribution in [0.3, 0.4) is 0 Å². The van der Waals surface area contributed by atoms with Crippen molar-refractivity contribution in [3.63, 3.8) is 0 Å². The van der Waals surface area contributed by atoms with E-state index < -0.39 is 0 Å². The van der Waals surface area contributed by atoms with E-state index in [-0.39, 0.29) is 5.41 Å². The molecule has 0 bridgehead atoms. The van der Waals surface area contributed by atoms with Crippen LogP contribution >= 0.6 is 0 Å². The van der Waals surface area contributed by atoms with Gasteiger partial charge in [-0.1, -0.05) is 30.3 Å². The third kappa shape index (κ3) is 3.65. The quantitative estimate of drug-likeness (QED) is 0.770. The second kappa shape index (κ2) is 7.16. The lowest BCUT2D eigenvalue weighted by Crippen LogP contribution is -2.41. The van der Waals surface area contributed by atoms with E-state index in [4.69, 9.17) is 0 Å². The zero-order valence-corrected chi connectivity index (χ0v) is 15.3. The maximum absolute atomic E-state index is 9.81. The molecule has 1 aromatic carbocycles. The Hall–Kier alpha value is -3.27. The predicted octanol–water partition coefficient (Wildman–Crippen LogP) is 2.92. The molecular weight excluding hydrogens is 338 g/mol. The fraction of sp³-hybridized carbons (Fsp3) is 0.350.